The van der Waals surface area contributed by atoms with Crippen molar-refractivity contribution in [2.24, 2.45) is 5.92 Å². The van der Waals surface area contributed by atoms with Crippen molar-refractivity contribution >= 4 is 33.6 Å². The molecule has 0 saturated carbocycles. The fourth-order valence-electron chi connectivity index (χ4n) is 2.76. The van der Waals surface area contributed by atoms with Gasteiger partial charge in [-0.15, -0.1) is 0 Å². The molecular weight excluding hydrogens is 375 g/mol. The van der Waals surface area contributed by atoms with Crippen molar-refractivity contribution in [2.45, 2.75) is 45.1 Å². The van der Waals surface area contributed by atoms with E-state index in [1.54, 1.807) is 36.4 Å². The first-order valence-corrected chi connectivity index (χ1v) is 10.6. The lowest BCUT2D eigenvalue weighted by atomic mass is 9.76. The maximum absolute atomic E-state index is 13.0. The van der Waals surface area contributed by atoms with Gasteiger partial charge in [-0.1, -0.05) is 31.5 Å². The first kappa shape index (κ1) is 20.6. The number of pyridine rings is 1. The minimum atomic E-state index is -3.80. The Hall–Kier alpha value is -2.16. The average Bonchev–Trinajstić information content (AvgIpc) is 3.06. The molecule has 2 heterocycles. The van der Waals surface area contributed by atoms with Gasteiger partial charge in [0.2, 0.25) is 0 Å². The van der Waals surface area contributed by atoms with Crippen LogP contribution in [0.15, 0.2) is 53.7 Å². The molecule has 2 aromatic heterocycles. The van der Waals surface area contributed by atoms with Crippen LogP contribution in [-0.4, -0.2) is 35.1 Å². The Labute approximate surface area is 166 Å². The quantitative estimate of drug-likeness (QED) is 0.644. The van der Waals surface area contributed by atoms with Crippen LogP contribution < -0.4 is 5.46 Å². The van der Waals surface area contributed by atoms with E-state index < -0.39 is 22.7 Å². The summed E-state index contributed by atoms with van der Waals surface area (Å²) in [6, 6.07) is 9.93. The Morgan fingerprint density at radius 1 is 1.14 bits per heavy atom. The van der Waals surface area contributed by atoms with Crippen LogP contribution in [0.25, 0.3) is 11.0 Å². The highest BCUT2D eigenvalue weighted by atomic mass is 32.2. The van der Waals surface area contributed by atoms with E-state index in [-0.39, 0.29) is 16.5 Å². The van der Waals surface area contributed by atoms with Crippen molar-refractivity contribution in [1.82, 2.24) is 8.96 Å². The maximum Gasteiger partial charge on any atom is 0.492 e. The average molecular weight is 400 g/mol. The first-order valence-electron chi connectivity index (χ1n) is 9.18. The third kappa shape index (κ3) is 3.72. The van der Waals surface area contributed by atoms with Crippen molar-refractivity contribution in [3.63, 3.8) is 0 Å². The van der Waals surface area contributed by atoms with Gasteiger partial charge in [0.25, 0.3) is 10.0 Å². The smallest absolute Gasteiger partial charge is 0.423 e. The molecule has 0 unspecified atom stereocenters. The second-order valence-electron chi connectivity index (χ2n) is 7.80. The summed E-state index contributed by atoms with van der Waals surface area (Å²) in [6.45, 7) is 9.74. The summed E-state index contributed by atoms with van der Waals surface area (Å²) in [5.41, 5.74) is 1.16. The summed E-state index contributed by atoms with van der Waals surface area (Å²) in [6.07, 6.45) is 2.93. The van der Waals surface area contributed by atoms with Crippen molar-refractivity contribution < 1.29 is 18.1 Å². The topological polar surface area (TPSA) is 81.4 Å². The standard InChI is InChI=1S/C20H25BN2O4S/c1-14(2)20(4,5)27-21(24)18-10-12-22-19-17(18)11-13-23(19)28(25,26)16-8-6-15(3)7-9-16/h6-14,24H,1-5H3. The third-order valence-corrected chi connectivity index (χ3v) is 6.92. The molecule has 1 N–H and O–H groups in total. The predicted molar refractivity (Wildman–Crippen MR) is 111 cm³/mol. The van der Waals surface area contributed by atoms with Crippen LogP contribution in [-0.2, 0) is 14.7 Å². The number of fused-ring (bicyclic) bond motifs is 1. The zero-order chi connectivity index (χ0) is 20.7. The Bertz CT molecular complexity index is 1090. The van der Waals surface area contributed by atoms with Crippen molar-refractivity contribution in [3.05, 3.63) is 54.4 Å². The van der Waals surface area contributed by atoms with Crippen LogP contribution in [0.1, 0.15) is 33.3 Å². The molecule has 0 aliphatic heterocycles. The van der Waals surface area contributed by atoms with E-state index in [1.807, 2.05) is 34.6 Å². The van der Waals surface area contributed by atoms with Gasteiger partial charge in [0.1, 0.15) is 0 Å². The molecule has 8 heteroatoms. The molecule has 0 aliphatic carbocycles. The molecule has 6 nitrogen and oxygen atoms in total. The number of aryl methyl sites for hydroxylation is 1. The lowest BCUT2D eigenvalue weighted by Crippen LogP contribution is -2.44. The molecule has 1 aromatic carbocycles. The zero-order valence-electron chi connectivity index (χ0n) is 16.7. The fourth-order valence-corrected chi connectivity index (χ4v) is 4.06. The van der Waals surface area contributed by atoms with Gasteiger partial charge < -0.3 is 9.68 Å². The minimum absolute atomic E-state index is 0.181. The van der Waals surface area contributed by atoms with E-state index in [4.69, 9.17) is 4.65 Å². The van der Waals surface area contributed by atoms with Gasteiger partial charge in [0.05, 0.1) is 10.5 Å². The van der Waals surface area contributed by atoms with E-state index in [1.165, 1.54) is 12.4 Å². The van der Waals surface area contributed by atoms with E-state index in [0.717, 1.165) is 9.54 Å². The highest BCUT2D eigenvalue weighted by Crippen LogP contribution is 2.23. The lowest BCUT2D eigenvalue weighted by molar-refractivity contribution is 0.0424. The van der Waals surface area contributed by atoms with E-state index >= 15 is 0 Å². The summed E-state index contributed by atoms with van der Waals surface area (Å²) in [4.78, 5) is 4.42. The minimum Gasteiger partial charge on any atom is -0.423 e. The van der Waals surface area contributed by atoms with Crippen molar-refractivity contribution in [1.29, 1.82) is 0 Å². The molecule has 0 radical (unpaired) electrons. The van der Waals surface area contributed by atoms with E-state index in [9.17, 15) is 13.4 Å². The van der Waals surface area contributed by atoms with E-state index in [0.29, 0.717) is 10.8 Å². The molecule has 0 spiro atoms. The summed E-state index contributed by atoms with van der Waals surface area (Å²) in [7, 11) is -4.99. The molecule has 0 amide bonds. The van der Waals surface area contributed by atoms with Crippen molar-refractivity contribution in [2.75, 3.05) is 0 Å². The molecule has 3 rings (SSSR count). The second-order valence-corrected chi connectivity index (χ2v) is 9.61. The number of rotatable bonds is 6. The zero-order valence-corrected chi connectivity index (χ0v) is 17.6. The van der Waals surface area contributed by atoms with Crippen LogP contribution in [0.4, 0.5) is 0 Å². The first-order chi connectivity index (χ1) is 13.0. The highest BCUT2D eigenvalue weighted by molar-refractivity contribution is 7.90. The molecule has 0 aliphatic rings. The summed E-state index contributed by atoms with van der Waals surface area (Å²) < 4.78 is 33.1. The van der Waals surface area contributed by atoms with Crippen LogP contribution >= 0.6 is 0 Å². The van der Waals surface area contributed by atoms with Gasteiger partial charge in [0, 0.05) is 17.8 Å². The number of aromatic nitrogens is 2. The van der Waals surface area contributed by atoms with Gasteiger partial charge in [-0.25, -0.2) is 17.4 Å². The molecule has 0 saturated heterocycles. The Balaban J connectivity index is 2.05. The summed E-state index contributed by atoms with van der Waals surface area (Å²) >= 11 is 0. The van der Waals surface area contributed by atoms with Gasteiger partial charge in [0.15, 0.2) is 5.65 Å². The van der Waals surface area contributed by atoms with Crippen LogP contribution in [0.3, 0.4) is 0 Å². The van der Waals surface area contributed by atoms with Gasteiger partial charge in [-0.05, 0) is 56.4 Å². The number of nitrogens with zero attached hydrogens (tertiary/aromatic N) is 2. The van der Waals surface area contributed by atoms with Gasteiger partial charge in [-0.2, -0.15) is 0 Å². The third-order valence-electron chi connectivity index (χ3n) is 5.24. The Kier molecular flexibility index (Phi) is 5.40. The lowest BCUT2D eigenvalue weighted by Gasteiger charge is -2.31. The Morgan fingerprint density at radius 2 is 1.79 bits per heavy atom. The van der Waals surface area contributed by atoms with Gasteiger partial charge in [-0.3, -0.25) is 0 Å². The van der Waals surface area contributed by atoms with E-state index in [2.05, 4.69) is 4.98 Å². The SMILES string of the molecule is Cc1ccc(S(=O)(=O)n2ccc3c(B(O)OC(C)(C)C(C)C)ccnc32)cc1. The molecule has 3 aromatic rings. The molecule has 0 fully saturated rings. The number of hydrogen-bond acceptors (Lipinski definition) is 5. The van der Waals surface area contributed by atoms with Crippen LogP contribution in [0, 0.1) is 12.8 Å². The molecular formula is C20H25BN2O4S. The molecule has 0 bridgehead atoms. The number of hydrogen-bond donors (Lipinski definition) is 1. The van der Waals surface area contributed by atoms with Gasteiger partial charge >= 0.3 is 7.12 Å². The fraction of sp³-hybridized carbons (Fsp3) is 0.350. The van der Waals surface area contributed by atoms with Crippen molar-refractivity contribution in [3.8, 4) is 0 Å². The van der Waals surface area contributed by atoms with Crippen LogP contribution in [0.2, 0.25) is 0 Å². The summed E-state index contributed by atoms with van der Waals surface area (Å²) in [5.74, 6) is 0.186. The maximum atomic E-state index is 13.0. The molecule has 148 valence electrons. The normalized spacial score (nSPS) is 12.7. The molecule has 28 heavy (non-hydrogen) atoms. The highest BCUT2D eigenvalue weighted by Gasteiger charge is 2.32. The summed E-state index contributed by atoms with van der Waals surface area (Å²) in [5, 5.41) is 11.2. The van der Waals surface area contributed by atoms with Crippen LogP contribution in [0.5, 0.6) is 0 Å². The number of benzene rings is 1. The second kappa shape index (κ2) is 7.35. The monoisotopic (exact) mass is 400 g/mol. The largest absolute Gasteiger partial charge is 0.492 e. The molecule has 0 atom stereocenters. The predicted octanol–water partition coefficient (Wildman–Crippen LogP) is 2.72. The Morgan fingerprint density at radius 3 is 2.39 bits per heavy atom.